The Balaban J connectivity index is 3.11. The molecule has 0 aliphatic carbocycles. The molecule has 82 valence electrons. The fraction of sp³-hybridized carbons (Fsp3) is 0.300. The van der Waals surface area contributed by atoms with Crippen LogP contribution in [0.15, 0.2) is 22.7 Å². The van der Waals surface area contributed by atoms with Gasteiger partial charge in [-0.25, -0.2) is 8.78 Å². The molecule has 0 saturated heterocycles. The minimum Gasteiger partial charge on any atom is -0.326 e. The Labute approximate surface area is 94.8 Å². The van der Waals surface area contributed by atoms with Crippen molar-refractivity contribution in [3.05, 3.63) is 28.2 Å². The lowest BCUT2D eigenvalue weighted by molar-refractivity contribution is -0.114. The van der Waals surface area contributed by atoms with Crippen molar-refractivity contribution in [2.45, 2.75) is 19.8 Å². The highest BCUT2D eigenvalue weighted by Crippen LogP contribution is 2.31. The van der Waals surface area contributed by atoms with Crippen LogP contribution in [0.25, 0.3) is 0 Å². The third-order valence-corrected chi connectivity index (χ3v) is 2.18. The molecule has 5 heteroatoms. The second-order valence-electron chi connectivity index (χ2n) is 3.30. The largest absolute Gasteiger partial charge is 0.326 e. The van der Waals surface area contributed by atoms with E-state index >= 15 is 0 Å². The van der Waals surface area contributed by atoms with Gasteiger partial charge in [0.05, 0.1) is 0 Å². The second-order valence-corrected chi connectivity index (χ2v) is 4.21. The van der Waals surface area contributed by atoms with Gasteiger partial charge < -0.3 is 5.32 Å². The summed E-state index contributed by atoms with van der Waals surface area (Å²) in [6.45, 7) is 2.14. The average Bonchev–Trinajstić information content (AvgIpc) is 1.99. The zero-order chi connectivity index (χ0) is 11.6. The standard InChI is InChI=1S/C10H10BrF2NO/c1-6(15)14-9-4-7(10(2,12)13)3-8(11)5-9/h3-5H,1-2H3,(H,14,15). The molecule has 2 nitrogen and oxygen atoms in total. The maximum absolute atomic E-state index is 13.0. The predicted octanol–water partition coefficient (Wildman–Crippen LogP) is 3.52. The van der Waals surface area contributed by atoms with Gasteiger partial charge >= 0.3 is 0 Å². The highest BCUT2D eigenvalue weighted by Gasteiger charge is 2.25. The van der Waals surface area contributed by atoms with Gasteiger partial charge in [0.15, 0.2) is 0 Å². The van der Waals surface area contributed by atoms with E-state index in [4.69, 9.17) is 0 Å². The molecule has 15 heavy (non-hydrogen) atoms. The summed E-state index contributed by atoms with van der Waals surface area (Å²) < 4.78 is 26.5. The number of anilines is 1. The zero-order valence-electron chi connectivity index (χ0n) is 8.27. The normalized spacial score (nSPS) is 11.3. The van der Waals surface area contributed by atoms with Crippen molar-refractivity contribution in [1.82, 2.24) is 0 Å². The van der Waals surface area contributed by atoms with E-state index in [-0.39, 0.29) is 11.5 Å². The molecule has 0 spiro atoms. The molecule has 1 aromatic rings. The number of hydrogen-bond donors (Lipinski definition) is 1. The number of rotatable bonds is 2. The molecule has 1 N–H and O–H groups in total. The number of alkyl halides is 2. The highest BCUT2D eigenvalue weighted by molar-refractivity contribution is 9.10. The van der Waals surface area contributed by atoms with E-state index in [1.807, 2.05) is 0 Å². The van der Waals surface area contributed by atoms with Crippen LogP contribution in [-0.2, 0) is 10.7 Å². The van der Waals surface area contributed by atoms with Crippen LogP contribution >= 0.6 is 15.9 Å². The van der Waals surface area contributed by atoms with Gasteiger partial charge in [-0.2, -0.15) is 0 Å². The van der Waals surface area contributed by atoms with E-state index < -0.39 is 5.92 Å². The van der Waals surface area contributed by atoms with Crippen LogP contribution in [0.5, 0.6) is 0 Å². The van der Waals surface area contributed by atoms with E-state index in [1.54, 1.807) is 6.07 Å². The topological polar surface area (TPSA) is 29.1 Å². The molecule has 0 bridgehead atoms. The first-order valence-electron chi connectivity index (χ1n) is 4.25. The van der Waals surface area contributed by atoms with E-state index in [2.05, 4.69) is 21.2 Å². The summed E-state index contributed by atoms with van der Waals surface area (Å²) in [4.78, 5) is 10.8. The molecule has 1 rings (SSSR count). The molecular formula is C10H10BrF2NO. The number of carbonyl (C=O) groups is 1. The Morgan fingerprint density at radius 2 is 2.00 bits per heavy atom. The number of benzene rings is 1. The van der Waals surface area contributed by atoms with Crippen LogP contribution in [0.2, 0.25) is 0 Å². The molecule has 0 radical (unpaired) electrons. The average molecular weight is 278 g/mol. The Kier molecular flexibility index (Phi) is 3.44. The van der Waals surface area contributed by atoms with Gasteiger partial charge in [-0.1, -0.05) is 15.9 Å². The molecule has 0 heterocycles. The molecule has 0 fully saturated rings. The molecule has 0 atom stereocenters. The summed E-state index contributed by atoms with van der Waals surface area (Å²) in [6, 6.07) is 4.15. The van der Waals surface area contributed by atoms with Gasteiger partial charge in [0, 0.05) is 29.6 Å². The molecule has 1 amide bonds. The van der Waals surface area contributed by atoms with E-state index in [9.17, 15) is 13.6 Å². The van der Waals surface area contributed by atoms with Gasteiger partial charge in [-0.3, -0.25) is 4.79 Å². The summed E-state index contributed by atoms with van der Waals surface area (Å²) in [5, 5.41) is 2.46. The van der Waals surface area contributed by atoms with Crippen molar-refractivity contribution >= 4 is 27.5 Å². The fourth-order valence-corrected chi connectivity index (χ4v) is 1.61. The maximum atomic E-state index is 13.0. The smallest absolute Gasteiger partial charge is 0.270 e. The molecule has 1 aromatic carbocycles. The number of nitrogens with one attached hydrogen (secondary N) is 1. The van der Waals surface area contributed by atoms with Gasteiger partial charge in [-0.15, -0.1) is 0 Å². The fourth-order valence-electron chi connectivity index (χ4n) is 1.12. The van der Waals surface area contributed by atoms with Crippen LogP contribution < -0.4 is 5.32 Å². The van der Waals surface area contributed by atoms with Crippen molar-refractivity contribution in [2.24, 2.45) is 0 Å². The van der Waals surface area contributed by atoms with Crippen LogP contribution in [0.4, 0.5) is 14.5 Å². The summed E-state index contributed by atoms with van der Waals surface area (Å²) in [5.74, 6) is -3.21. The second kappa shape index (κ2) is 4.26. The molecular weight excluding hydrogens is 268 g/mol. The summed E-state index contributed by atoms with van der Waals surface area (Å²) in [5.41, 5.74) is 0.217. The summed E-state index contributed by atoms with van der Waals surface area (Å²) >= 11 is 3.11. The van der Waals surface area contributed by atoms with Gasteiger partial charge in [0.25, 0.3) is 5.92 Å². The first-order chi connectivity index (χ1) is 6.79. The lowest BCUT2D eigenvalue weighted by Crippen LogP contribution is -2.10. The maximum Gasteiger partial charge on any atom is 0.270 e. The third-order valence-electron chi connectivity index (χ3n) is 1.73. The molecule has 0 aromatic heterocycles. The van der Waals surface area contributed by atoms with Gasteiger partial charge in [0.1, 0.15) is 0 Å². The van der Waals surface area contributed by atoms with Crippen LogP contribution in [-0.4, -0.2) is 5.91 Å². The minimum absolute atomic E-state index is 0.138. The molecule has 0 saturated carbocycles. The summed E-state index contributed by atoms with van der Waals surface area (Å²) in [6.07, 6.45) is 0. The quantitative estimate of drug-likeness (QED) is 0.881. The van der Waals surface area contributed by atoms with E-state index in [0.717, 1.165) is 6.92 Å². The number of hydrogen-bond acceptors (Lipinski definition) is 1. The monoisotopic (exact) mass is 277 g/mol. The van der Waals surface area contributed by atoms with Gasteiger partial charge in [0.2, 0.25) is 5.91 Å². The van der Waals surface area contributed by atoms with Crippen LogP contribution in [0, 0.1) is 0 Å². The van der Waals surface area contributed by atoms with Crippen molar-refractivity contribution in [1.29, 1.82) is 0 Å². The molecule has 0 aliphatic heterocycles. The molecule has 0 unspecified atom stereocenters. The van der Waals surface area contributed by atoms with Crippen LogP contribution in [0.3, 0.4) is 0 Å². The minimum atomic E-state index is -2.92. The Morgan fingerprint density at radius 1 is 1.40 bits per heavy atom. The van der Waals surface area contributed by atoms with E-state index in [0.29, 0.717) is 10.2 Å². The van der Waals surface area contributed by atoms with Crippen molar-refractivity contribution < 1.29 is 13.6 Å². The van der Waals surface area contributed by atoms with E-state index in [1.165, 1.54) is 19.1 Å². The van der Waals surface area contributed by atoms with Crippen molar-refractivity contribution in [3.63, 3.8) is 0 Å². The highest BCUT2D eigenvalue weighted by atomic mass is 79.9. The lowest BCUT2D eigenvalue weighted by Gasteiger charge is -2.13. The Hall–Kier alpha value is -0.970. The first-order valence-corrected chi connectivity index (χ1v) is 5.05. The van der Waals surface area contributed by atoms with Crippen molar-refractivity contribution in [2.75, 3.05) is 5.32 Å². The van der Waals surface area contributed by atoms with Crippen molar-refractivity contribution in [3.8, 4) is 0 Å². The van der Waals surface area contributed by atoms with Gasteiger partial charge in [-0.05, 0) is 18.2 Å². The Bertz CT molecular complexity index is 387. The van der Waals surface area contributed by atoms with Crippen LogP contribution in [0.1, 0.15) is 19.4 Å². The predicted molar refractivity (Wildman–Crippen MR) is 58.0 cm³/mol. The summed E-state index contributed by atoms with van der Waals surface area (Å²) in [7, 11) is 0. The number of amides is 1. The lowest BCUT2D eigenvalue weighted by atomic mass is 10.1. The zero-order valence-corrected chi connectivity index (χ0v) is 9.86. The molecule has 0 aliphatic rings. The Morgan fingerprint density at radius 3 is 2.47 bits per heavy atom. The first kappa shape index (κ1) is 12.1. The number of carbonyl (C=O) groups excluding carboxylic acids is 1. The number of halogens is 3. The SMILES string of the molecule is CC(=O)Nc1cc(Br)cc(C(C)(F)F)c1. The third kappa shape index (κ3) is 3.58.